The molecule has 3 heteroatoms. The van der Waals surface area contributed by atoms with Gasteiger partial charge in [-0.15, -0.1) is 0 Å². The second kappa shape index (κ2) is 4.69. The fourth-order valence-electron chi connectivity index (χ4n) is 1.86. The smallest absolute Gasteiger partial charge is 0.148 e. The Kier molecular flexibility index (Phi) is 3.24. The van der Waals surface area contributed by atoms with E-state index in [0.717, 1.165) is 11.3 Å². The highest BCUT2D eigenvalue weighted by atomic mass is 19.1. The van der Waals surface area contributed by atoms with Crippen molar-refractivity contribution in [3.63, 3.8) is 0 Å². The van der Waals surface area contributed by atoms with Crippen molar-refractivity contribution in [3.05, 3.63) is 52.8 Å². The van der Waals surface area contributed by atoms with Crippen molar-refractivity contribution >= 4 is 17.1 Å². The lowest BCUT2D eigenvalue weighted by atomic mass is 10.0. The average molecular weight is 244 g/mol. The first kappa shape index (κ1) is 12.4. The van der Waals surface area contributed by atoms with Crippen LogP contribution in [0.15, 0.2) is 30.3 Å². The first-order valence-electron chi connectivity index (χ1n) is 5.87. The summed E-state index contributed by atoms with van der Waals surface area (Å²) >= 11 is 0. The van der Waals surface area contributed by atoms with Crippen LogP contribution in [0.2, 0.25) is 0 Å². The van der Waals surface area contributed by atoms with E-state index in [1.807, 2.05) is 6.92 Å². The number of halogens is 1. The summed E-state index contributed by atoms with van der Waals surface area (Å²) in [5, 5.41) is 3.21. The van der Waals surface area contributed by atoms with Crippen molar-refractivity contribution in [2.75, 3.05) is 11.1 Å². The van der Waals surface area contributed by atoms with Gasteiger partial charge in [0.15, 0.2) is 0 Å². The molecule has 0 amide bonds. The molecule has 2 aromatic rings. The van der Waals surface area contributed by atoms with Crippen molar-refractivity contribution in [2.24, 2.45) is 0 Å². The summed E-state index contributed by atoms with van der Waals surface area (Å²) < 4.78 is 13.4. The highest BCUT2D eigenvalue weighted by Gasteiger charge is 2.04. The van der Waals surface area contributed by atoms with Crippen LogP contribution in [0.25, 0.3) is 0 Å². The summed E-state index contributed by atoms with van der Waals surface area (Å²) in [5.41, 5.74) is 10.9. The summed E-state index contributed by atoms with van der Waals surface area (Å²) in [4.78, 5) is 0. The molecule has 0 aromatic heterocycles. The van der Waals surface area contributed by atoms with Gasteiger partial charge in [0.05, 0.1) is 5.69 Å². The lowest BCUT2D eigenvalue weighted by molar-refractivity contribution is 0.633. The van der Waals surface area contributed by atoms with Gasteiger partial charge in [0.1, 0.15) is 5.82 Å². The Bertz CT molecular complexity index is 591. The second-order valence-corrected chi connectivity index (χ2v) is 4.61. The molecule has 0 aliphatic rings. The van der Waals surface area contributed by atoms with Crippen LogP contribution >= 0.6 is 0 Å². The average Bonchev–Trinajstić information content (AvgIpc) is 2.31. The molecule has 2 nitrogen and oxygen atoms in total. The van der Waals surface area contributed by atoms with E-state index in [1.165, 1.54) is 17.2 Å². The molecule has 0 aliphatic heterocycles. The minimum Gasteiger partial charge on any atom is -0.396 e. The number of nitrogens with two attached hydrogens (primary N) is 1. The topological polar surface area (TPSA) is 38.0 Å². The number of anilines is 3. The van der Waals surface area contributed by atoms with Gasteiger partial charge in [0.2, 0.25) is 0 Å². The molecule has 3 N–H and O–H groups in total. The predicted molar refractivity (Wildman–Crippen MR) is 74.7 cm³/mol. The maximum atomic E-state index is 13.4. The molecule has 94 valence electrons. The largest absolute Gasteiger partial charge is 0.396 e. The van der Waals surface area contributed by atoms with E-state index >= 15 is 0 Å². The fraction of sp³-hybridized carbons (Fsp3) is 0.200. The molecular weight excluding hydrogens is 227 g/mol. The molecule has 0 unspecified atom stereocenters. The molecule has 0 atom stereocenters. The molecule has 0 fully saturated rings. The Labute approximate surface area is 107 Å². The van der Waals surface area contributed by atoms with E-state index in [2.05, 4.69) is 31.3 Å². The number of aryl methyl sites for hydroxylation is 3. The number of nitrogens with one attached hydrogen (secondary N) is 1. The van der Waals surface area contributed by atoms with E-state index in [1.54, 1.807) is 12.1 Å². The molecule has 0 aliphatic carbocycles. The Morgan fingerprint density at radius 3 is 2.28 bits per heavy atom. The highest BCUT2D eigenvalue weighted by Crippen LogP contribution is 2.25. The maximum absolute atomic E-state index is 13.4. The van der Waals surface area contributed by atoms with Crippen LogP contribution in [0.3, 0.4) is 0 Å². The van der Waals surface area contributed by atoms with Gasteiger partial charge in [-0.2, -0.15) is 0 Å². The molecule has 2 aromatic carbocycles. The molecule has 0 radical (unpaired) electrons. The van der Waals surface area contributed by atoms with Crippen molar-refractivity contribution < 1.29 is 4.39 Å². The van der Waals surface area contributed by atoms with Gasteiger partial charge < -0.3 is 11.1 Å². The summed E-state index contributed by atoms with van der Waals surface area (Å²) in [6.45, 7) is 6.17. The van der Waals surface area contributed by atoms with Crippen molar-refractivity contribution in [1.29, 1.82) is 0 Å². The predicted octanol–water partition coefficient (Wildman–Crippen LogP) is 4.08. The zero-order chi connectivity index (χ0) is 13.3. The summed E-state index contributed by atoms with van der Waals surface area (Å²) in [6, 6.07) is 8.93. The first-order valence-corrected chi connectivity index (χ1v) is 5.87. The van der Waals surface area contributed by atoms with Gasteiger partial charge >= 0.3 is 0 Å². The zero-order valence-corrected chi connectivity index (χ0v) is 10.8. The number of hydrogen-bond acceptors (Lipinski definition) is 2. The zero-order valence-electron chi connectivity index (χ0n) is 10.8. The third-order valence-electron chi connectivity index (χ3n) is 3.12. The normalized spacial score (nSPS) is 10.4. The van der Waals surface area contributed by atoms with E-state index in [0.29, 0.717) is 5.69 Å². The fourth-order valence-corrected chi connectivity index (χ4v) is 1.86. The number of rotatable bonds is 2. The Hall–Kier alpha value is -2.03. The molecule has 0 bridgehead atoms. The molecule has 0 spiro atoms. The quantitative estimate of drug-likeness (QED) is 0.781. The molecule has 18 heavy (non-hydrogen) atoms. The third kappa shape index (κ3) is 2.45. The molecule has 0 heterocycles. The lowest BCUT2D eigenvalue weighted by Gasteiger charge is -2.12. The van der Waals surface area contributed by atoms with E-state index in [-0.39, 0.29) is 5.69 Å². The third-order valence-corrected chi connectivity index (χ3v) is 3.12. The SMILES string of the molecule is Cc1cc(C)c(Nc2ccc(N)c(F)c2)cc1C. The molecule has 0 saturated heterocycles. The van der Waals surface area contributed by atoms with Crippen molar-refractivity contribution in [3.8, 4) is 0 Å². The van der Waals surface area contributed by atoms with E-state index < -0.39 is 5.82 Å². The number of hydrogen-bond donors (Lipinski definition) is 2. The van der Waals surface area contributed by atoms with Crippen LogP contribution in [-0.4, -0.2) is 0 Å². The van der Waals surface area contributed by atoms with Gasteiger partial charge in [-0.1, -0.05) is 6.07 Å². The van der Waals surface area contributed by atoms with Gasteiger partial charge in [0.25, 0.3) is 0 Å². The lowest BCUT2D eigenvalue weighted by Crippen LogP contribution is -1.97. The Morgan fingerprint density at radius 1 is 0.944 bits per heavy atom. The van der Waals surface area contributed by atoms with Crippen LogP contribution in [0.4, 0.5) is 21.5 Å². The standard InChI is InChI=1S/C15H17FN2/c1-9-6-11(3)15(7-10(9)2)18-12-4-5-14(17)13(16)8-12/h4-8,18H,17H2,1-3H3. The van der Waals surface area contributed by atoms with E-state index in [9.17, 15) is 4.39 Å². The van der Waals surface area contributed by atoms with Crippen molar-refractivity contribution in [2.45, 2.75) is 20.8 Å². The van der Waals surface area contributed by atoms with Gasteiger partial charge in [-0.05, 0) is 61.7 Å². The summed E-state index contributed by atoms with van der Waals surface area (Å²) in [6.07, 6.45) is 0. The Morgan fingerprint density at radius 2 is 1.61 bits per heavy atom. The number of nitrogen functional groups attached to an aromatic ring is 1. The van der Waals surface area contributed by atoms with Gasteiger partial charge in [-0.25, -0.2) is 4.39 Å². The molecule has 2 rings (SSSR count). The summed E-state index contributed by atoms with van der Waals surface area (Å²) in [7, 11) is 0. The highest BCUT2D eigenvalue weighted by molar-refractivity contribution is 5.66. The van der Waals surface area contributed by atoms with Crippen LogP contribution in [0, 0.1) is 26.6 Å². The molecule has 0 saturated carbocycles. The second-order valence-electron chi connectivity index (χ2n) is 4.61. The summed E-state index contributed by atoms with van der Waals surface area (Å²) in [5.74, 6) is -0.401. The van der Waals surface area contributed by atoms with Gasteiger partial charge in [0, 0.05) is 11.4 Å². The first-order chi connectivity index (χ1) is 8.47. The minimum atomic E-state index is -0.401. The minimum absolute atomic E-state index is 0.164. The maximum Gasteiger partial charge on any atom is 0.148 e. The van der Waals surface area contributed by atoms with Gasteiger partial charge in [-0.3, -0.25) is 0 Å². The van der Waals surface area contributed by atoms with Crippen LogP contribution in [0.1, 0.15) is 16.7 Å². The van der Waals surface area contributed by atoms with Crippen LogP contribution in [-0.2, 0) is 0 Å². The van der Waals surface area contributed by atoms with Crippen LogP contribution < -0.4 is 11.1 Å². The monoisotopic (exact) mass is 244 g/mol. The molecular formula is C15H17FN2. The Balaban J connectivity index is 2.34. The number of benzene rings is 2. The van der Waals surface area contributed by atoms with E-state index in [4.69, 9.17) is 5.73 Å². The van der Waals surface area contributed by atoms with Crippen LogP contribution in [0.5, 0.6) is 0 Å². The van der Waals surface area contributed by atoms with Crippen molar-refractivity contribution in [1.82, 2.24) is 0 Å².